The van der Waals surface area contributed by atoms with Crippen molar-refractivity contribution in [2.24, 2.45) is 0 Å². The molecule has 2 aromatic rings. The first-order valence-electron chi connectivity index (χ1n) is 7.89. The Morgan fingerprint density at radius 2 is 2.08 bits per heavy atom. The van der Waals surface area contributed by atoms with Crippen molar-refractivity contribution in [3.05, 3.63) is 46.7 Å². The van der Waals surface area contributed by atoms with Crippen molar-refractivity contribution in [3.63, 3.8) is 0 Å². The summed E-state index contributed by atoms with van der Waals surface area (Å²) in [5.74, 6) is -0.202. The number of rotatable bonds is 4. The normalized spacial score (nSPS) is 17.6. The summed E-state index contributed by atoms with van der Waals surface area (Å²) in [4.78, 5) is 26.5. The van der Waals surface area contributed by atoms with E-state index in [1.807, 2.05) is 13.8 Å². The minimum atomic E-state index is -0.535. The number of aromatic amines is 1. The molecule has 24 heavy (non-hydrogen) atoms. The van der Waals surface area contributed by atoms with E-state index in [9.17, 15) is 9.59 Å². The molecule has 0 spiro atoms. The largest absolute Gasteiger partial charge is 0.339 e. The van der Waals surface area contributed by atoms with E-state index < -0.39 is 6.04 Å². The van der Waals surface area contributed by atoms with Gasteiger partial charge in [-0.3, -0.25) is 14.7 Å². The zero-order valence-corrected chi connectivity index (χ0v) is 14.3. The zero-order chi connectivity index (χ0) is 17.3. The van der Waals surface area contributed by atoms with Crippen LogP contribution in [0.25, 0.3) is 0 Å². The van der Waals surface area contributed by atoms with E-state index >= 15 is 0 Å². The number of amides is 2. The average molecular weight is 347 g/mol. The molecule has 1 saturated heterocycles. The van der Waals surface area contributed by atoms with Gasteiger partial charge in [-0.2, -0.15) is 5.10 Å². The predicted molar refractivity (Wildman–Crippen MR) is 92.4 cm³/mol. The first-order valence-corrected chi connectivity index (χ1v) is 8.26. The lowest BCUT2D eigenvalue weighted by molar-refractivity contribution is -0.118. The van der Waals surface area contributed by atoms with Gasteiger partial charge in [0.05, 0.1) is 0 Å². The lowest BCUT2D eigenvalue weighted by Crippen LogP contribution is -2.41. The zero-order valence-electron chi connectivity index (χ0n) is 13.5. The van der Waals surface area contributed by atoms with Crippen LogP contribution in [-0.2, 0) is 4.79 Å². The maximum Gasteiger partial charge on any atom is 0.272 e. The summed E-state index contributed by atoms with van der Waals surface area (Å²) in [5, 5.41) is 10.2. The highest BCUT2D eigenvalue weighted by Gasteiger charge is 2.34. The molecule has 7 heteroatoms. The van der Waals surface area contributed by atoms with Gasteiger partial charge in [-0.05, 0) is 42.7 Å². The molecule has 1 atom stereocenters. The van der Waals surface area contributed by atoms with Crippen LogP contribution in [0.1, 0.15) is 42.4 Å². The number of nitrogens with zero attached hydrogens (tertiary/aromatic N) is 2. The Morgan fingerprint density at radius 3 is 2.71 bits per heavy atom. The minimum Gasteiger partial charge on any atom is -0.339 e. The summed E-state index contributed by atoms with van der Waals surface area (Å²) >= 11 is 5.87. The number of hydrogen-bond donors (Lipinski definition) is 2. The van der Waals surface area contributed by atoms with Crippen LogP contribution in [0.15, 0.2) is 30.3 Å². The van der Waals surface area contributed by atoms with Crippen LogP contribution in [0.5, 0.6) is 0 Å². The van der Waals surface area contributed by atoms with E-state index in [1.54, 1.807) is 35.2 Å². The fourth-order valence-electron chi connectivity index (χ4n) is 2.67. The van der Waals surface area contributed by atoms with E-state index in [4.69, 9.17) is 11.6 Å². The van der Waals surface area contributed by atoms with E-state index in [1.165, 1.54) is 0 Å². The highest BCUT2D eigenvalue weighted by molar-refractivity contribution is 6.30. The van der Waals surface area contributed by atoms with Gasteiger partial charge in [-0.15, -0.1) is 0 Å². The average Bonchev–Trinajstić information content (AvgIpc) is 3.17. The van der Waals surface area contributed by atoms with Gasteiger partial charge in [0.15, 0.2) is 0 Å². The summed E-state index contributed by atoms with van der Waals surface area (Å²) in [6.07, 6.45) is 0.564. The number of hydrogen-bond acceptors (Lipinski definition) is 3. The molecular formula is C17H19ClN4O2. The van der Waals surface area contributed by atoms with Crippen molar-refractivity contribution < 1.29 is 9.59 Å². The first kappa shape index (κ1) is 16.5. The number of carbonyl (C=O) groups excluding carboxylic acids is 2. The molecular weight excluding hydrogens is 328 g/mol. The molecule has 0 saturated carbocycles. The Bertz CT molecular complexity index is 754. The number of nitrogens with one attached hydrogen (secondary N) is 2. The van der Waals surface area contributed by atoms with Crippen molar-refractivity contribution in [2.75, 3.05) is 11.4 Å². The molecule has 126 valence electrons. The van der Waals surface area contributed by atoms with Gasteiger partial charge in [-0.1, -0.05) is 25.4 Å². The number of anilines is 1. The summed E-state index contributed by atoms with van der Waals surface area (Å²) in [6, 6.07) is 8.27. The maximum absolute atomic E-state index is 12.5. The monoisotopic (exact) mass is 346 g/mol. The van der Waals surface area contributed by atoms with Crippen LogP contribution in [0, 0.1) is 0 Å². The van der Waals surface area contributed by atoms with E-state index in [2.05, 4.69) is 15.5 Å². The summed E-state index contributed by atoms with van der Waals surface area (Å²) in [7, 11) is 0. The van der Waals surface area contributed by atoms with E-state index in [-0.39, 0.29) is 17.7 Å². The molecule has 0 bridgehead atoms. The Labute approximate surface area is 145 Å². The SMILES string of the molecule is CC(C)c1cc(C(=O)NC2CCN(c3ccc(Cl)cc3)C2=O)n[nH]1. The van der Waals surface area contributed by atoms with Crippen molar-refractivity contribution in [1.82, 2.24) is 15.5 Å². The lowest BCUT2D eigenvalue weighted by Gasteiger charge is -2.17. The Balaban J connectivity index is 1.66. The van der Waals surface area contributed by atoms with Gasteiger partial charge in [0.2, 0.25) is 5.91 Å². The van der Waals surface area contributed by atoms with Crippen molar-refractivity contribution in [3.8, 4) is 0 Å². The Morgan fingerprint density at radius 1 is 1.38 bits per heavy atom. The highest BCUT2D eigenvalue weighted by Crippen LogP contribution is 2.23. The third-order valence-corrected chi connectivity index (χ3v) is 4.35. The topological polar surface area (TPSA) is 78.1 Å². The molecule has 6 nitrogen and oxygen atoms in total. The summed E-state index contributed by atoms with van der Waals surface area (Å²) in [6.45, 7) is 4.59. The van der Waals surface area contributed by atoms with Gasteiger partial charge in [-0.25, -0.2) is 0 Å². The molecule has 0 radical (unpaired) electrons. The number of benzene rings is 1. The molecule has 1 aromatic heterocycles. The van der Waals surface area contributed by atoms with Crippen LogP contribution in [0.2, 0.25) is 5.02 Å². The maximum atomic E-state index is 12.5. The quantitative estimate of drug-likeness (QED) is 0.893. The molecule has 1 aliphatic rings. The molecule has 3 rings (SSSR count). The molecule has 1 aromatic carbocycles. The lowest BCUT2D eigenvalue weighted by atomic mass is 10.1. The molecule has 0 aliphatic carbocycles. The molecule has 1 fully saturated rings. The van der Waals surface area contributed by atoms with Gasteiger partial charge < -0.3 is 10.2 Å². The van der Waals surface area contributed by atoms with Crippen LogP contribution in [-0.4, -0.2) is 34.6 Å². The van der Waals surface area contributed by atoms with Crippen molar-refractivity contribution >= 4 is 29.1 Å². The summed E-state index contributed by atoms with van der Waals surface area (Å²) < 4.78 is 0. The van der Waals surface area contributed by atoms with Gasteiger partial charge in [0.25, 0.3) is 5.91 Å². The summed E-state index contributed by atoms with van der Waals surface area (Å²) in [5.41, 5.74) is 1.97. The van der Waals surface area contributed by atoms with Gasteiger partial charge in [0.1, 0.15) is 11.7 Å². The Kier molecular flexibility index (Phi) is 4.57. The Hall–Kier alpha value is -2.34. The standard InChI is InChI=1S/C17H19ClN4O2/c1-10(2)14-9-15(21-20-14)16(23)19-13-7-8-22(17(13)24)12-5-3-11(18)4-6-12/h3-6,9-10,13H,7-8H2,1-2H3,(H,19,23)(H,20,21). The van der Waals surface area contributed by atoms with Crippen molar-refractivity contribution in [1.29, 1.82) is 0 Å². The second-order valence-corrected chi connectivity index (χ2v) is 6.58. The molecule has 1 unspecified atom stereocenters. The predicted octanol–water partition coefficient (Wildman–Crippen LogP) is 2.72. The van der Waals surface area contributed by atoms with Crippen LogP contribution >= 0.6 is 11.6 Å². The van der Waals surface area contributed by atoms with Crippen LogP contribution < -0.4 is 10.2 Å². The van der Waals surface area contributed by atoms with Gasteiger partial charge in [0, 0.05) is 22.9 Å². The third-order valence-electron chi connectivity index (χ3n) is 4.10. The van der Waals surface area contributed by atoms with Crippen LogP contribution in [0.3, 0.4) is 0 Å². The van der Waals surface area contributed by atoms with Crippen molar-refractivity contribution in [2.45, 2.75) is 32.2 Å². The number of halogens is 1. The minimum absolute atomic E-state index is 0.120. The molecule has 2 amide bonds. The number of aromatic nitrogens is 2. The fraction of sp³-hybridized carbons (Fsp3) is 0.353. The third kappa shape index (κ3) is 3.28. The molecule has 1 aliphatic heterocycles. The molecule has 2 N–H and O–H groups in total. The highest BCUT2D eigenvalue weighted by atomic mass is 35.5. The fourth-order valence-corrected chi connectivity index (χ4v) is 2.80. The van der Waals surface area contributed by atoms with Gasteiger partial charge >= 0.3 is 0 Å². The van der Waals surface area contributed by atoms with E-state index in [0.717, 1.165) is 11.4 Å². The van der Waals surface area contributed by atoms with E-state index in [0.29, 0.717) is 23.7 Å². The van der Waals surface area contributed by atoms with Crippen LogP contribution in [0.4, 0.5) is 5.69 Å². The molecule has 2 heterocycles. The second kappa shape index (κ2) is 6.65. The number of H-pyrrole nitrogens is 1. The first-order chi connectivity index (χ1) is 11.5. The smallest absolute Gasteiger partial charge is 0.272 e. The second-order valence-electron chi connectivity index (χ2n) is 6.14. The number of carbonyl (C=O) groups is 2.